The summed E-state index contributed by atoms with van der Waals surface area (Å²) in [6.07, 6.45) is 0.218. The van der Waals surface area contributed by atoms with Crippen LogP contribution < -0.4 is 4.74 Å². The number of aromatic hydroxyl groups is 1. The van der Waals surface area contributed by atoms with E-state index in [0.717, 1.165) is 45.7 Å². The van der Waals surface area contributed by atoms with Gasteiger partial charge in [-0.15, -0.1) is 5.10 Å². The Morgan fingerprint density at radius 3 is 2.73 bits per heavy atom. The zero-order chi connectivity index (χ0) is 29.3. The van der Waals surface area contributed by atoms with Gasteiger partial charge in [-0.05, 0) is 66.6 Å². The van der Waals surface area contributed by atoms with E-state index in [1.165, 1.54) is 11.1 Å². The van der Waals surface area contributed by atoms with Crippen molar-refractivity contribution in [3.8, 4) is 11.6 Å². The molecule has 9 nitrogen and oxygen atoms in total. The third-order valence-electron chi connectivity index (χ3n) is 8.05. The van der Waals surface area contributed by atoms with Gasteiger partial charge < -0.3 is 14.6 Å². The average molecular weight is 558 g/mol. The maximum atomic E-state index is 12.8. The zero-order valence-corrected chi connectivity index (χ0v) is 24.7. The lowest BCUT2D eigenvalue weighted by Crippen LogP contribution is -2.36. The third-order valence-corrected chi connectivity index (χ3v) is 8.05. The van der Waals surface area contributed by atoms with E-state index >= 15 is 0 Å². The van der Waals surface area contributed by atoms with Crippen molar-refractivity contribution in [1.82, 2.24) is 24.9 Å². The Hall–Kier alpha value is -3.98. The summed E-state index contributed by atoms with van der Waals surface area (Å²) in [5, 5.41) is 18.6. The Morgan fingerprint density at radius 2 is 1.98 bits per heavy atom. The molecule has 0 bridgehead atoms. The molecule has 5 rings (SSSR count). The van der Waals surface area contributed by atoms with Crippen LogP contribution in [0.4, 0.5) is 0 Å². The van der Waals surface area contributed by atoms with Crippen molar-refractivity contribution in [2.75, 3.05) is 13.2 Å². The molecule has 4 aromatic rings. The number of pyridine rings is 1. The lowest BCUT2D eigenvalue weighted by atomic mass is 9.84. The molecule has 1 aliphatic rings. The van der Waals surface area contributed by atoms with E-state index in [-0.39, 0.29) is 30.3 Å². The smallest absolute Gasteiger partial charge is 0.306 e. The van der Waals surface area contributed by atoms with Crippen LogP contribution in [0.3, 0.4) is 0 Å². The minimum Gasteiger partial charge on any atom is -0.493 e. The highest BCUT2D eigenvalue weighted by Crippen LogP contribution is 2.35. The molecular formula is C32H39N5O4. The number of carbonyl (C=O) groups is 1. The molecular weight excluding hydrogens is 518 g/mol. The van der Waals surface area contributed by atoms with Gasteiger partial charge in [-0.25, -0.2) is 9.67 Å². The van der Waals surface area contributed by atoms with Crippen molar-refractivity contribution in [3.05, 3.63) is 76.0 Å². The Morgan fingerprint density at radius 1 is 1.17 bits per heavy atom. The maximum absolute atomic E-state index is 12.8. The van der Waals surface area contributed by atoms with Gasteiger partial charge in [0.1, 0.15) is 23.1 Å². The van der Waals surface area contributed by atoms with Crippen LogP contribution in [0.2, 0.25) is 0 Å². The van der Waals surface area contributed by atoms with Crippen LogP contribution in [0.25, 0.3) is 11.0 Å². The van der Waals surface area contributed by atoms with Crippen LogP contribution in [-0.4, -0.2) is 55.2 Å². The highest BCUT2D eigenvalue weighted by Gasteiger charge is 2.28. The van der Waals surface area contributed by atoms with Crippen molar-refractivity contribution in [2.24, 2.45) is 13.0 Å². The molecule has 1 unspecified atom stereocenters. The monoisotopic (exact) mass is 557 g/mol. The van der Waals surface area contributed by atoms with Crippen LogP contribution in [0.5, 0.6) is 11.6 Å². The summed E-state index contributed by atoms with van der Waals surface area (Å²) in [5.74, 6) is 0.586. The van der Waals surface area contributed by atoms with E-state index in [4.69, 9.17) is 9.47 Å². The molecule has 0 fully saturated rings. The van der Waals surface area contributed by atoms with E-state index in [1.54, 1.807) is 16.8 Å². The number of rotatable bonds is 8. The minimum absolute atomic E-state index is 0.00859. The molecule has 0 saturated heterocycles. The van der Waals surface area contributed by atoms with E-state index in [2.05, 4.69) is 65.2 Å². The number of hydrogen-bond acceptors (Lipinski definition) is 8. The quantitative estimate of drug-likeness (QED) is 0.295. The highest BCUT2D eigenvalue weighted by molar-refractivity contribution is 5.80. The first-order valence-corrected chi connectivity index (χ1v) is 14.3. The molecule has 2 aromatic carbocycles. The van der Waals surface area contributed by atoms with E-state index in [1.807, 2.05) is 27.0 Å². The van der Waals surface area contributed by atoms with Gasteiger partial charge in [-0.3, -0.25) is 9.69 Å². The van der Waals surface area contributed by atoms with Gasteiger partial charge in [0.15, 0.2) is 0 Å². The van der Waals surface area contributed by atoms with Crippen molar-refractivity contribution >= 4 is 17.0 Å². The molecule has 0 saturated carbocycles. The second kappa shape index (κ2) is 11.9. The van der Waals surface area contributed by atoms with Gasteiger partial charge in [0.2, 0.25) is 5.88 Å². The van der Waals surface area contributed by atoms with Crippen molar-refractivity contribution in [2.45, 2.75) is 66.2 Å². The van der Waals surface area contributed by atoms with Gasteiger partial charge >= 0.3 is 5.97 Å². The topological polar surface area (TPSA) is 103 Å². The normalized spacial score (nSPS) is 16.3. The molecule has 2 atom stereocenters. The fraction of sp³-hybridized carbons (Fsp3) is 0.438. The lowest BCUT2D eigenvalue weighted by Gasteiger charge is -2.27. The van der Waals surface area contributed by atoms with E-state index < -0.39 is 0 Å². The number of fused-ring (bicyclic) bond motifs is 2. The maximum Gasteiger partial charge on any atom is 0.306 e. The Labute approximate surface area is 241 Å². The number of aryl methyl sites for hydroxylation is 3. The summed E-state index contributed by atoms with van der Waals surface area (Å²) >= 11 is 0. The summed E-state index contributed by atoms with van der Waals surface area (Å²) in [6, 6.07) is 13.9. The van der Waals surface area contributed by atoms with Gasteiger partial charge in [-0.2, -0.15) is 0 Å². The molecule has 1 aliphatic heterocycles. The zero-order valence-electron chi connectivity index (χ0n) is 24.7. The predicted octanol–water partition coefficient (Wildman–Crippen LogP) is 5.19. The Kier molecular flexibility index (Phi) is 8.26. The molecule has 41 heavy (non-hydrogen) atoms. The minimum atomic E-state index is -0.231. The third kappa shape index (κ3) is 6.05. The van der Waals surface area contributed by atoms with Crippen molar-refractivity contribution in [1.29, 1.82) is 0 Å². The number of aromatic nitrogens is 4. The standard InChI is InChI=1S/C32H39N5O4/c1-7-40-31(39)15-25(24-10-11-27-32(21(24)5)34-35-36(27)6)22-9-8-20(4)23(14-22)16-37-17-26-28(12-13-30(38)33-26)41-29(18-37)19(2)3/h8-14,19,25,29H,7,15-18H2,1-6H3,(H,33,38)/t25?,29-/m0/s1. The molecule has 216 valence electrons. The number of nitrogens with zero attached hydrogens (tertiary/aromatic N) is 5. The van der Waals surface area contributed by atoms with Crippen molar-refractivity contribution in [3.63, 3.8) is 0 Å². The summed E-state index contributed by atoms with van der Waals surface area (Å²) in [5.41, 5.74) is 7.96. The molecule has 9 heteroatoms. The van der Waals surface area contributed by atoms with Crippen LogP contribution in [0.1, 0.15) is 66.6 Å². The Balaban J connectivity index is 1.51. The Bertz CT molecular complexity index is 1560. The molecule has 2 aromatic heterocycles. The van der Waals surface area contributed by atoms with Gasteiger partial charge in [0, 0.05) is 38.7 Å². The molecule has 0 spiro atoms. The first-order valence-electron chi connectivity index (χ1n) is 14.3. The second-order valence-electron chi connectivity index (χ2n) is 11.3. The fourth-order valence-corrected chi connectivity index (χ4v) is 5.64. The summed E-state index contributed by atoms with van der Waals surface area (Å²) in [4.78, 5) is 19.5. The molecule has 0 radical (unpaired) electrons. The van der Waals surface area contributed by atoms with Gasteiger partial charge in [0.25, 0.3) is 0 Å². The summed E-state index contributed by atoms with van der Waals surface area (Å²) < 4.78 is 13.5. The molecule has 1 N–H and O–H groups in total. The lowest BCUT2D eigenvalue weighted by molar-refractivity contribution is -0.143. The second-order valence-corrected chi connectivity index (χ2v) is 11.3. The van der Waals surface area contributed by atoms with Gasteiger partial charge in [0.05, 0.1) is 18.5 Å². The van der Waals surface area contributed by atoms with Crippen LogP contribution in [0, 0.1) is 19.8 Å². The number of ether oxygens (including phenoxy) is 2. The van der Waals surface area contributed by atoms with Crippen molar-refractivity contribution < 1.29 is 19.4 Å². The molecule has 3 heterocycles. The number of hydrogen-bond donors (Lipinski definition) is 1. The molecule has 0 aliphatic carbocycles. The van der Waals surface area contributed by atoms with E-state index in [9.17, 15) is 9.90 Å². The largest absolute Gasteiger partial charge is 0.493 e. The SMILES string of the molecule is CCOC(=O)CC(c1ccc(C)c(CN2Cc3nc(O)ccc3O[C@H](C(C)C)C2)c1)c1ccc2c(nnn2C)c1C. The van der Waals surface area contributed by atoms with E-state index in [0.29, 0.717) is 25.6 Å². The average Bonchev–Trinajstić information content (AvgIpc) is 3.21. The van der Waals surface area contributed by atoms with Crippen LogP contribution >= 0.6 is 0 Å². The first kappa shape index (κ1) is 28.5. The number of carbonyl (C=O) groups excluding carboxylic acids is 1. The molecule has 0 amide bonds. The first-order chi connectivity index (χ1) is 19.6. The number of esters is 1. The summed E-state index contributed by atoms with van der Waals surface area (Å²) in [6.45, 7) is 12.6. The van der Waals surface area contributed by atoms with Gasteiger partial charge in [-0.1, -0.05) is 43.3 Å². The predicted molar refractivity (Wildman–Crippen MR) is 157 cm³/mol. The van der Waals surface area contributed by atoms with Crippen LogP contribution in [0.15, 0.2) is 42.5 Å². The summed E-state index contributed by atoms with van der Waals surface area (Å²) in [7, 11) is 1.88. The fourth-order valence-electron chi connectivity index (χ4n) is 5.64. The van der Waals surface area contributed by atoms with Crippen LogP contribution in [-0.2, 0) is 29.7 Å². The number of benzene rings is 2. The highest BCUT2D eigenvalue weighted by atomic mass is 16.5.